The Balaban J connectivity index is 0.000000143. The molecule has 0 spiro atoms. The number of hydrogen-bond donors (Lipinski definition) is 6. The summed E-state index contributed by atoms with van der Waals surface area (Å²) in [6, 6.07) is 30.3. The van der Waals surface area contributed by atoms with E-state index in [2.05, 4.69) is 197 Å². The van der Waals surface area contributed by atoms with Gasteiger partial charge in [0.2, 0.25) is 17.8 Å². The average Bonchev–Trinajstić information content (AvgIpc) is 0.867. The molecule has 6 N–H and O–H groups in total. The van der Waals surface area contributed by atoms with E-state index in [-0.39, 0.29) is 0 Å². The summed E-state index contributed by atoms with van der Waals surface area (Å²) >= 11 is 0. The number of fused-ring (bicyclic) bond motifs is 5. The summed E-state index contributed by atoms with van der Waals surface area (Å²) in [5.74, 6) is 3.70. The smallest absolute Gasteiger partial charge is 0.316 e. The first-order chi connectivity index (χ1) is 70.4. The molecule has 772 valence electrons. The van der Waals surface area contributed by atoms with Gasteiger partial charge >= 0.3 is 12.0 Å². The number of aliphatic imine (C=N–C) groups is 2. The number of rotatable bonds is 39. The summed E-state index contributed by atoms with van der Waals surface area (Å²) in [4.78, 5) is 104. The third-order valence-corrected chi connectivity index (χ3v) is 28.6. The molecule has 33 heteroatoms. The SMILES string of the molecule is CCCCC(=O)N1CCNC(CN(C)C2CCCc3cccnc32)C1.CCCCc1nc(N(C)C)ncc1CN(C)C1CCCc2cccnc21.CN(C)c1ncc(CN(C)C2CCCc3cccnc32)c(CCCNC2=NCCN2)n1.COc1ncc(CN(C)C2CCCc3cccnc32)c(CCCNC2=NCCN2)n1.COc1ncc(CN(C)C2CCCc3cccnc32)c(CCCNCc2ccccn2)n1. The van der Waals surface area contributed by atoms with Crippen molar-refractivity contribution in [1.82, 2.24) is 131 Å². The van der Waals surface area contributed by atoms with Gasteiger partial charge in [0.15, 0.2) is 11.9 Å². The lowest BCUT2D eigenvalue weighted by Gasteiger charge is -2.39. The number of methoxy groups -OCH3 is 2. The predicted molar refractivity (Wildman–Crippen MR) is 572 cm³/mol. The highest BCUT2D eigenvalue weighted by Gasteiger charge is 2.34. The van der Waals surface area contributed by atoms with Gasteiger partial charge < -0.3 is 56.1 Å². The van der Waals surface area contributed by atoms with Crippen molar-refractivity contribution in [3.63, 3.8) is 0 Å². The number of nitrogens with zero attached hydrogens (tertiary/aromatic N) is 24. The average molecular weight is 1960 g/mol. The highest BCUT2D eigenvalue weighted by molar-refractivity contribution is 5.81. The van der Waals surface area contributed by atoms with Gasteiger partial charge in [0.1, 0.15) is 0 Å². The first-order valence-corrected chi connectivity index (χ1v) is 53.1. The number of guanidine groups is 2. The van der Waals surface area contributed by atoms with E-state index in [0.717, 1.165) is 278 Å². The zero-order valence-corrected chi connectivity index (χ0v) is 88.1. The molecular weight excluding hydrogens is 1800 g/mol. The number of ether oxygens (including phenoxy) is 2. The van der Waals surface area contributed by atoms with Crippen molar-refractivity contribution in [1.29, 1.82) is 0 Å². The maximum Gasteiger partial charge on any atom is 0.316 e. The zero-order valence-electron chi connectivity index (χ0n) is 88.1. The number of unbranched alkanes of at least 4 members (excludes halogenated alkanes) is 2. The monoisotopic (exact) mass is 1960 g/mol. The molecule has 0 saturated carbocycles. The molecule has 1 amide bonds. The van der Waals surface area contributed by atoms with Crippen LogP contribution >= 0.6 is 0 Å². The van der Waals surface area contributed by atoms with Crippen molar-refractivity contribution in [2.45, 2.75) is 256 Å². The van der Waals surface area contributed by atoms with Gasteiger partial charge in [-0.2, -0.15) is 9.97 Å². The van der Waals surface area contributed by atoms with Crippen LogP contribution in [0.15, 0.2) is 151 Å². The van der Waals surface area contributed by atoms with E-state index in [4.69, 9.17) is 39.4 Å². The van der Waals surface area contributed by atoms with Gasteiger partial charge in [-0.1, -0.05) is 63.1 Å². The lowest BCUT2D eigenvalue weighted by atomic mass is 9.91. The fraction of sp³-hybridized carbons (Fsp3) is 0.559. The topological polar surface area (TPSA) is 339 Å². The van der Waals surface area contributed by atoms with Gasteiger partial charge in [0, 0.05) is 210 Å². The minimum atomic E-state index is 0.320. The van der Waals surface area contributed by atoms with E-state index in [1.807, 2.05) is 142 Å². The first-order valence-electron chi connectivity index (χ1n) is 53.1. The number of aryl methyl sites for hydroxylation is 9. The summed E-state index contributed by atoms with van der Waals surface area (Å²) in [6.07, 6.45) is 48.4. The number of pyridine rings is 6. The van der Waals surface area contributed by atoms with Crippen LogP contribution in [-0.2, 0) is 95.3 Å². The van der Waals surface area contributed by atoms with Crippen LogP contribution in [0.5, 0.6) is 12.0 Å². The molecule has 1 fully saturated rings. The molecule has 6 unspecified atom stereocenters. The van der Waals surface area contributed by atoms with Crippen LogP contribution in [0.25, 0.3) is 0 Å². The quantitative estimate of drug-likeness (QED) is 0.0195. The molecule has 18 rings (SSSR count). The van der Waals surface area contributed by atoms with Crippen molar-refractivity contribution in [2.24, 2.45) is 9.98 Å². The molecule has 33 nitrogen and oxygen atoms in total. The van der Waals surface area contributed by atoms with E-state index in [9.17, 15) is 4.79 Å². The van der Waals surface area contributed by atoms with E-state index < -0.39 is 0 Å². The Morgan fingerprint density at radius 2 is 0.778 bits per heavy atom. The van der Waals surface area contributed by atoms with E-state index in [1.165, 1.54) is 124 Å². The van der Waals surface area contributed by atoms with Crippen molar-refractivity contribution >= 4 is 29.7 Å². The van der Waals surface area contributed by atoms with Crippen molar-refractivity contribution in [3.8, 4) is 12.0 Å². The van der Waals surface area contributed by atoms with Crippen LogP contribution in [0.1, 0.15) is 267 Å². The van der Waals surface area contributed by atoms with Crippen molar-refractivity contribution < 1.29 is 14.3 Å². The van der Waals surface area contributed by atoms with Crippen LogP contribution in [0, 0.1) is 0 Å². The van der Waals surface area contributed by atoms with E-state index in [0.29, 0.717) is 60.6 Å². The maximum atomic E-state index is 12.3. The zero-order chi connectivity index (χ0) is 101. The number of likely N-dealkylation sites (N-methyl/N-ethyl adjacent to an activating group) is 1. The fourth-order valence-corrected chi connectivity index (χ4v) is 20.9. The minimum Gasteiger partial charge on any atom is -0.467 e. The largest absolute Gasteiger partial charge is 0.467 e. The molecule has 5 aliphatic carbocycles. The minimum absolute atomic E-state index is 0.320. The number of nitrogens with one attached hydrogen (secondary N) is 6. The molecule has 3 aliphatic heterocycles. The molecule has 1 saturated heterocycles. The van der Waals surface area contributed by atoms with Crippen LogP contribution in [0.2, 0.25) is 0 Å². The molecule has 10 aromatic rings. The van der Waals surface area contributed by atoms with Gasteiger partial charge in [0.05, 0.1) is 114 Å². The second-order valence-electron chi connectivity index (χ2n) is 39.8. The van der Waals surface area contributed by atoms with Crippen LogP contribution in [0.4, 0.5) is 11.9 Å². The molecule has 0 radical (unpaired) electrons. The Kier molecular flexibility index (Phi) is 42.4. The molecule has 6 atom stereocenters. The molecule has 8 aliphatic rings. The second kappa shape index (κ2) is 56.6. The van der Waals surface area contributed by atoms with E-state index >= 15 is 0 Å². The Bertz CT molecular complexity index is 5670. The number of carbonyl (C=O) groups excluding carboxylic acids is 1. The number of hydrogen-bond acceptors (Lipinski definition) is 32. The van der Waals surface area contributed by atoms with Crippen LogP contribution in [-0.4, -0.2) is 273 Å². The van der Waals surface area contributed by atoms with Gasteiger partial charge in [-0.05, 0) is 266 Å². The van der Waals surface area contributed by atoms with Crippen LogP contribution < -0.4 is 51.2 Å². The summed E-state index contributed by atoms with van der Waals surface area (Å²) in [7, 11) is 22.2. The Morgan fingerprint density at radius 1 is 0.410 bits per heavy atom. The standard InChI is InChI=1S/C25H32N6O.C23H34N8.C22H31N7O.C21H31N5.C20H32N4O/c1-31(23-12-5-8-19-9-6-15-28-24(19)23)18-20-16-29-25(32-2)30-22(20)11-7-13-26-17-21-10-3-4-14-27-21;1-30(2)23-28-15-18(19(29-23)9-6-12-25-22-26-13-14-27-22)16-31(3)20-10-4-7-17-8-5-11-24-21(17)20;1-29(19-9-3-6-16-7-4-10-23-20(16)19)15-17-14-27-22(30-2)28-18(17)8-5-11-24-21-25-12-13-26-21;1-5-6-11-18-17(14-23-21(24-18)25(2)3)15-26(4)19-12-7-9-16-10-8-13-22-20(16)19;1-3-4-10-19(25)24-13-12-21-17(15-24)14-23(2)18-9-5-7-16-8-6-11-22-20(16)18/h3-4,6,9-10,14-16,23,26H,5,7-8,11-13,17-18H2,1-2H3;5,8,11,15,20H,4,6-7,9-10,12-14,16H2,1-3H3,(H2,25,26,27);4,7,10,14,19H,3,5-6,8-9,11-13,15H2,1-2H3,(H2,24,25,26);8,10,13-14,19H,5-7,9,11-12,15H2,1-4H3;6,8,11,17-18,21H,3-5,7,9-10,12-15H2,1-2H3. The highest BCUT2D eigenvalue weighted by Crippen LogP contribution is 2.39. The lowest BCUT2D eigenvalue weighted by molar-refractivity contribution is -0.132. The molecular formula is C111H160N30O3. The lowest BCUT2D eigenvalue weighted by Crippen LogP contribution is -2.56. The second-order valence-corrected chi connectivity index (χ2v) is 39.8. The van der Waals surface area contributed by atoms with Crippen molar-refractivity contribution in [2.75, 3.05) is 159 Å². The highest BCUT2D eigenvalue weighted by atomic mass is 16.5. The first kappa shape index (κ1) is 108. The van der Waals surface area contributed by atoms with Crippen molar-refractivity contribution in [3.05, 3.63) is 248 Å². The molecule has 0 bridgehead atoms. The Hall–Kier alpha value is -11.9. The summed E-state index contributed by atoms with van der Waals surface area (Å²) in [5, 5.41) is 20.3. The maximum absolute atomic E-state index is 12.3. The summed E-state index contributed by atoms with van der Waals surface area (Å²) in [6.45, 7) is 18.1. The van der Waals surface area contributed by atoms with E-state index in [1.54, 1.807) is 14.2 Å². The molecule has 10 aromatic heterocycles. The summed E-state index contributed by atoms with van der Waals surface area (Å²) in [5.41, 5.74) is 23.4. The normalized spacial score (nSPS) is 18.1. The predicted octanol–water partition coefficient (Wildman–Crippen LogP) is 13.5. The molecule has 13 heterocycles. The van der Waals surface area contributed by atoms with Gasteiger partial charge in [-0.3, -0.25) is 69.2 Å². The Labute approximate surface area is 855 Å². The third-order valence-electron chi connectivity index (χ3n) is 28.6. The number of anilines is 2. The van der Waals surface area contributed by atoms with Gasteiger partial charge in [-0.25, -0.2) is 29.9 Å². The van der Waals surface area contributed by atoms with Gasteiger partial charge in [-0.15, -0.1) is 0 Å². The number of aromatic nitrogens is 14. The van der Waals surface area contributed by atoms with Gasteiger partial charge in [0.25, 0.3) is 0 Å². The molecule has 144 heavy (non-hydrogen) atoms. The number of amides is 1. The Morgan fingerprint density at radius 3 is 1.14 bits per heavy atom. The molecule has 0 aromatic carbocycles. The number of piperazine rings is 1. The third kappa shape index (κ3) is 31.3. The summed E-state index contributed by atoms with van der Waals surface area (Å²) < 4.78 is 10.6. The van der Waals surface area contributed by atoms with Crippen LogP contribution in [0.3, 0.4) is 0 Å². The number of carbonyl (C=O) groups is 1. The fourth-order valence-electron chi connectivity index (χ4n) is 20.9.